The summed E-state index contributed by atoms with van der Waals surface area (Å²) >= 11 is 0. The molecule has 0 spiro atoms. The van der Waals surface area contributed by atoms with Crippen molar-refractivity contribution in [1.82, 2.24) is 0 Å². The Morgan fingerprint density at radius 1 is 0.824 bits per heavy atom. The van der Waals surface area contributed by atoms with E-state index in [0.29, 0.717) is 39.6 Å². The Bertz CT molecular complexity index is 206. The second-order valence-corrected chi connectivity index (χ2v) is 4.99. The third kappa shape index (κ3) is 16.0. The van der Waals surface area contributed by atoms with Gasteiger partial charge in [-0.1, -0.05) is 0 Å². The third-order valence-electron chi connectivity index (χ3n) is 1.70. The second kappa shape index (κ2) is 11.1. The molecule has 0 fully saturated rings. The van der Waals surface area contributed by atoms with Crippen molar-refractivity contribution in [3.8, 4) is 0 Å². The molecule has 0 aromatic carbocycles. The highest BCUT2D eigenvalue weighted by Crippen LogP contribution is 2.33. The van der Waals surface area contributed by atoms with Crippen LogP contribution in [0.1, 0.15) is 0 Å². The molecule has 0 unspecified atom stereocenters. The van der Waals surface area contributed by atoms with Crippen LogP contribution in [-0.4, -0.2) is 69.3 Å². The van der Waals surface area contributed by atoms with E-state index in [1.807, 2.05) is 0 Å². The summed E-state index contributed by atoms with van der Waals surface area (Å²) in [5, 5.41) is 0. The predicted molar refractivity (Wildman–Crippen MR) is 61.2 cm³/mol. The molecule has 0 rings (SSSR count). The first-order valence-electron chi connectivity index (χ1n) is 5.33. The van der Waals surface area contributed by atoms with Crippen molar-refractivity contribution in [2.24, 2.45) is 0 Å². The highest BCUT2D eigenvalue weighted by atomic mass is 31.2. The summed E-state index contributed by atoms with van der Waals surface area (Å²) < 4.78 is 30.5. The Labute approximate surface area is 101 Å². The number of methoxy groups -OCH3 is 1. The number of ether oxygens (including phenoxy) is 4. The van der Waals surface area contributed by atoms with Gasteiger partial charge in [-0.25, -0.2) is 0 Å². The fraction of sp³-hybridized carbons (Fsp3) is 1.00. The van der Waals surface area contributed by atoms with Gasteiger partial charge in [0.2, 0.25) is 0 Å². The van der Waals surface area contributed by atoms with Crippen molar-refractivity contribution in [2.45, 2.75) is 0 Å². The predicted octanol–water partition coefficient (Wildman–Crippen LogP) is -0.140. The lowest BCUT2D eigenvalue weighted by Crippen LogP contribution is -2.12. The Kier molecular flexibility index (Phi) is 11.1. The van der Waals surface area contributed by atoms with E-state index in [1.54, 1.807) is 7.11 Å². The maximum absolute atomic E-state index is 10.4. The maximum atomic E-state index is 10.4. The van der Waals surface area contributed by atoms with Gasteiger partial charge in [0.15, 0.2) is 0 Å². The van der Waals surface area contributed by atoms with Crippen LogP contribution in [0, 0.1) is 0 Å². The van der Waals surface area contributed by atoms with Crippen molar-refractivity contribution in [1.29, 1.82) is 0 Å². The molecule has 7 nitrogen and oxygen atoms in total. The van der Waals surface area contributed by atoms with E-state index in [4.69, 9.17) is 28.7 Å². The van der Waals surface area contributed by atoms with Crippen molar-refractivity contribution in [3.63, 3.8) is 0 Å². The summed E-state index contributed by atoms with van der Waals surface area (Å²) in [4.78, 5) is 17.1. The molecule has 104 valence electrons. The summed E-state index contributed by atoms with van der Waals surface area (Å²) in [6.07, 6.45) is -0.257. The van der Waals surface area contributed by atoms with Crippen LogP contribution in [0.15, 0.2) is 0 Å². The van der Waals surface area contributed by atoms with Crippen LogP contribution in [0.5, 0.6) is 0 Å². The molecule has 8 heteroatoms. The average Bonchev–Trinajstić information content (AvgIpc) is 2.24. The zero-order valence-corrected chi connectivity index (χ0v) is 10.9. The van der Waals surface area contributed by atoms with Crippen LogP contribution in [-0.2, 0) is 23.5 Å². The molecule has 0 aliphatic heterocycles. The van der Waals surface area contributed by atoms with Gasteiger partial charge in [-0.2, -0.15) is 0 Å². The number of rotatable bonds is 12. The fourth-order valence-corrected chi connectivity index (χ4v) is 1.23. The maximum Gasteiger partial charge on any atom is 0.327 e. The topological polar surface area (TPSA) is 94.5 Å². The summed E-state index contributed by atoms with van der Waals surface area (Å²) in [5.41, 5.74) is 0. The molecule has 0 saturated carbocycles. The number of hydrogen-bond acceptors (Lipinski definition) is 5. The van der Waals surface area contributed by atoms with Crippen molar-refractivity contribution in [3.05, 3.63) is 0 Å². The van der Waals surface area contributed by atoms with Gasteiger partial charge < -0.3 is 28.7 Å². The lowest BCUT2D eigenvalue weighted by Gasteiger charge is -2.07. The third-order valence-corrected chi connectivity index (χ3v) is 2.47. The van der Waals surface area contributed by atoms with Gasteiger partial charge >= 0.3 is 7.60 Å². The van der Waals surface area contributed by atoms with Crippen LogP contribution in [0.2, 0.25) is 0 Å². The molecule has 0 aliphatic carbocycles. The minimum Gasteiger partial charge on any atom is -0.382 e. The first-order chi connectivity index (χ1) is 8.06. The molecule has 17 heavy (non-hydrogen) atoms. The lowest BCUT2D eigenvalue weighted by atomic mass is 10.7. The van der Waals surface area contributed by atoms with Crippen LogP contribution < -0.4 is 0 Å². The van der Waals surface area contributed by atoms with Gasteiger partial charge in [-0.05, 0) is 0 Å². The zero-order chi connectivity index (χ0) is 13.0. The molecular formula is C9H21O7P. The average molecular weight is 272 g/mol. The van der Waals surface area contributed by atoms with Gasteiger partial charge in [0, 0.05) is 7.11 Å². The normalized spacial score (nSPS) is 11.9. The molecule has 0 radical (unpaired) electrons. The molecular weight excluding hydrogens is 251 g/mol. The summed E-state index contributed by atoms with van der Waals surface area (Å²) in [7, 11) is -2.33. The Hall–Kier alpha value is -0.0100. The standard InChI is InChI=1S/C9H21O7P/c1-13-2-3-14-4-5-15-6-7-16-8-9-17(10,11)12/h2-9H2,1H3,(H2,10,11,12). The summed E-state index contributed by atoms with van der Waals surface area (Å²) in [6, 6.07) is 0. The van der Waals surface area contributed by atoms with E-state index >= 15 is 0 Å². The van der Waals surface area contributed by atoms with Gasteiger partial charge in [0.1, 0.15) is 0 Å². The molecule has 0 aromatic heterocycles. The molecule has 0 atom stereocenters. The van der Waals surface area contributed by atoms with E-state index in [1.165, 1.54) is 0 Å². The minimum atomic E-state index is -3.94. The molecule has 0 aromatic rings. The van der Waals surface area contributed by atoms with E-state index in [-0.39, 0.29) is 12.8 Å². The first kappa shape index (κ1) is 17.0. The SMILES string of the molecule is COCCOCCOCCOCCP(=O)(O)O. The molecule has 0 saturated heterocycles. The molecule has 2 N–H and O–H groups in total. The monoisotopic (exact) mass is 272 g/mol. The Morgan fingerprint density at radius 3 is 1.65 bits per heavy atom. The highest BCUT2D eigenvalue weighted by molar-refractivity contribution is 7.51. The lowest BCUT2D eigenvalue weighted by molar-refractivity contribution is 0.00529. The Morgan fingerprint density at radius 2 is 1.24 bits per heavy atom. The number of hydrogen-bond donors (Lipinski definition) is 2. The molecule has 0 aliphatic rings. The van der Waals surface area contributed by atoms with Gasteiger partial charge in [0.25, 0.3) is 0 Å². The summed E-state index contributed by atoms with van der Waals surface area (Å²) in [6.45, 7) is 2.80. The largest absolute Gasteiger partial charge is 0.382 e. The van der Waals surface area contributed by atoms with Gasteiger partial charge in [0.05, 0.1) is 52.4 Å². The minimum absolute atomic E-state index is 0.0397. The molecule has 0 bridgehead atoms. The van der Waals surface area contributed by atoms with Gasteiger partial charge in [-0.15, -0.1) is 0 Å². The Balaban J connectivity index is 3.01. The van der Waals surface area contributed by atoms with E-state index in [0.717, 1.165) is 0 Å². The summed E-state index contributed by atoms with van der Waals surface area (Å²) in [5.74, 6) is 0. The van der Waals surface area contributed by atoms with Crippen molar-refractivity contribution in [2.75, 3.05) is 59.5 Å². The molecule has 0 heterocycles. The zero-order valence-electron chi connectivity index (χ0n) is 10.0. The van der Waals surface area contributed by atoms with Crippen molar-refractivity contribution < 1.29 is 33.3 Å². The van der Waals surface area contributed by atoms with E-state index in [9.17, 15) is 4.57 Å². The second-order valence-electron chi connectivity index (χ2n) is 3.22. The first-order valence-corrected chi connectivity index (χ1v) is 7.13. The van der Waals surface area contributed by atoms with Crippen LogP contribution in [0.25, 0.3) is 0 Å². The van der Waals surface area contributed by atoms with Crippen LogP contribution >= 0.6 is 7.60 Å². The van der Waals surface area contributed by atoms with Crippen molar-refractivity contribution >= 4 is 7.60 Å². The van der Waals surface area contributed by atoms with E-state index < -0.39 is 7.60 Å². The van der Waals surface area contributed by atoms with E-state index in [2.05, 4.69) is 0 Å². The highest BCUT2D eigenvalue weighted by Gasteiger charge is 2.11. The van der Waals surface area contributed by atoms with Crippen LogP contribution in [0.3, 0.4) is 0 Å². The van der Waals surface area contributed by atoms with Crippen LogP contribution in [0.4, 0.5) is 0 Å². The van der Waals surface area contributed by atoms with Gasteiger partial charge in [-0.3, -0.25) is 4.57 Å². The smallest absolute Gasteiger partial charge is 0.327 e. The fourth-order valence-electron chi connectivity index (χ4n) is 0.868. The quantitative estimate of drug-likeness (QED) is 0.377. The molecule has 0 amide bonds.